The van der Waals surface area contributed by atoms with Gasteiger partial charge >= 0.3 is 17.9 Å². The highest BCUT2D eigenvalue weighted by atomic mass is 32.2. The van der Waals surface area contributed by atoms with Crippen molar-refractivity contribution in [2.24, 2.45) is 17.2 Å². The molecule has 24 N–H and O–H groups in total. The third-order valence-electron chi connectivity index (χ3n) is 12.7. The summed E-state index contributed by atoms with van der Waals surface area (Å²) < 4.78 is 0. The molecular weight excluding hydrogens is 1300 g/mol. The number of aliphatic hydroxyl groups excluding tert-OH is 2. The highest BCUT2D eigenvalue weighted by Gasteiger charge is 2.37. The van der Waals surface area contributed by atoms with E-state index >= 15 is 0 Å². The quantitative estimate of drug-likeness (QED) is 0.0199. The van der Waals surface area contributed by atoms with Crippen LogP contribution >= 0.6 is 37.0 Å². The van der Waals surface area contributed by atoms with Crippen LogP contribution in [0.15, 0.2) is 0 Å². The van der Waals surface area contributed by atoms with Gasteiger partial charge in [-0.05, 0) is 70.9 Å². The van der Waals surface area contributed by atoms with Crippen LogP contribution in [0.1, 0.15) is 85.0 Å². The topological polar surface area (TPSA) is 643 Å². The Labute approximate surface area is 546 Å². The zero-order valence-electron chi connectivity index (χ0n) is 51.1. The average molecular weight is 1390 g/mol. The molecule has 0 aliphatic carbocycles. The predicted molar refractivity (Wildman–Crippen MR) is 330 cm³/mol. The molecule has 42 heteroatoms. The summed E-state index contributed by atoms with van der Waals surface area (Å²) in [6, 6.07) is -18.2. The van der Waals surface area contributed by atoms with Gasteiger partial charge in [0.05, 0.1) is 38.6 Å². The van der Waals surface area contributed by atoms with Gasteiger partial charge < -0.3 is 112 Å². The predicted octanol–water partition coefficient (Wildman–Crippen LogP) is -10.7. The summed E-state index contributed by atoms with van der Waals surface area (Å²) in [5.41, 5.74) is 16.1. The summed E-state index contributed by atoms with van der Waals surface area (Å²) in [6.45, 7) is 0.290. The molecule has 15 amide bonds. The largest absolute Gasteiger partial charge is 0.481 e. The van der Waals surface area contributed by atoms with Gasteiger partial charge in [0.15, 0.2) is 0 Å². The van der Waals surface area contributed by atoms with E-state index in [1.54, 1.807) is 6.26 Å². The molecule has 0 saturated carbocycles. The summed E-state index contributed by atoms with van der Waals surface area (Å²) in [4.78, 5) is 229. The Bertz CT molecular complexity index is 2680. The molecular formula is C51H84N16O23S3. The van der Waals surface area contributed by atoms with Gasteiger partial charge in [-0.2, -0.15) is 37.0 Å². The lowest BCUT2D eigenvalue weighted by molar-refractivity contribution is -0.141. The van der Waals surface area contributed by atoms with Gasteiger partial charge in [-0.1, -0.05) is 0 Å². The van der Waals surface area contributed by atoms with Crippen molar-refractivity contribution in [3.8, 4) is 0 Å². The van der Waals surface area contributed by atoms with Gasteiger partial charge in [-0.25, -0.2) is 0 Å². The second-order valence-electron chi connectivity index (χ2n) is 20.4. The number of rotatable bonds is 47. The number of amides is 15. The fourth-order valence-electron chi connectivity index (χ4n) is 7.70. The van der Waals surface area contributed by atoms with E-state index < -0.39 is 243 Å². The SMILES string of the molecule is CSCC[C@H](NC(=O)CNC(=O)[C@H](CCC(=O)O)NC(=O)[C@H](CO)NC(=O)[C@@H](NC(=O)[C@H](CCCCN)NC(=O)[C@H](CC(N)=O)NC(=O)[C@H](CS)NC(C)=O)[C@@H](C)O)C(=O)N[C@@H](CC(=O)O)C(=O)NCC(=O)N[C@@H](CS)C(=O)N[C@@H](CCC(=O)O)C(=O)N[C@@H](C)C(N)=O. The van der Waals surface area contributed by atoms with Crippen molar-refractivity contribution in [2.45, 2.75) is 158 Å². The van der Waals surface area contributed by atoms with Gasteiger partial charge in [0, 0.05) is 31.3 Å². The number of carboxylic acid groups (broad SMARTS) is 3. The molecule has 524 valence electrons. The minimum absolute atomic E-state index is 0.126. The minimum atomic E-state index is -2.01. The molecule has 0 aromatic rings. The van der Waals surface area contributed by atoms with Crippen LogP contribution in [0.4, 0.5) is 0 Å². The monoisotopic (exact) mass is 1380 g/mol. The first kappa shape index (κ1) is 84.4. The van der Waals surface area contributed by atoms with E-state index in [0.29, 0.717) is 6.42 Å². The molecule has 0 aromatic carbocycles. The Kier molecular flexibility index (Phi) is 40.7. The van der Waals surface area contributed by atoms with E-state index in [-0.39, 0.29) is 37.3 Å². The fraction of sp³-hybridized carbons (Fsp3) is 0.647. The molecule has 0 fully saturated rings. The normalized spacial score (nSPS) is 14.7. The maximum atomic E-state index is 13.8. The number of thiol groups is 2. The number of primary amides is 2. The maximum Gasteiger partial charge on any atom is 0.305 e. The summed E-state index contributed by atoms with van der Waals surface area (Å²) in [5.74, 6) is -21.5. The van der Waals surface area contributed by atoms with Crippen molar-refractivity contribution >= 4 is 144 Å². The first-order valence-corrected chi connectivity index (χ1v) is 31.0. The summed E-state index contributed by atoms with van der Waals surface area (Å²) >= 11 is 9.18. The lowest BCUT2D eigenvalue weighted by atomic mass is 10.0. The standard InChI is InChI=1S/C51H84N16O23S3/c1-22(41(54)80)57-44(83)27(9-11-38(76)77)63-50(89)33(21-92)60-36(73)18-56-43(82)30(16-39(78)79)65-45(84)28(12-14-93-4)59-35(72)17-55-42(81)26(8-10-37(74)75)62-48(87)31(19-68)66-51(90)40(23(2)69)67-46(85)25(7-5-6-13-52)61-47(86)29(15-34(53)71)64-49(88)32(20-91)58-24(3)70/h22-23,25-33,40,68-69,91-92H,5-21,52H2,1-4H3,(H2,53,71)(H2,54,80)(H,55,81)(H,56,82)(H,57,83)(H,58,70)(H,59,72)(H,60,73)(H,61,86)(H,62,87)(H,63,89)(H,64,88)(H,65,84)(H,66,90)(H,67,85)(H,74,75)(H,76,77)(H,78,79)/t22-,23+,25-,26-,27-,28-,29-,30-,31-,32-,33-,40-/m0/s1. The van der Waals surface area contributed by atoms with Crippen LogP contribution < -0.4 is 86.3 Å². The maximum absolute atomic E-state index is 13.8. The number of aliphatic hydroxyl groups is 2. The molecule has 0 bridgehead atoms. The molecule has 0 aromatic heterocycles. The smallest absolute Gasteiger partial charge is 0.305 e. The number of hydrogen-bond donors (Lipinski definition) is 23. The second-order valence-corrected chi connectivity index (χ2v) is 22.1. The summed E-state index contributed by atoms with van der Waals surface area (Å²) in [6.07, 6.45) is -4.55. The fourth-order valence-corrected chi connectivity index (χ4v) is 8.69. The van der Waals surface area contributed by atoms with Crippen LogP contribution in [0.2, 0.25) is 0 Å². The van der Waals surface area contributed by atoms with Gasteiger partial charge in [0.1, 0.15) is 66.5 Å². The second kappa shape index (κ2) is 44.8. The number of aliphatic carboxylic acids is 3. The third kappa shape index (κ3) is 34.6. The zero-order chi connectivity index (χ0) is 71.2. The van der Waals surface area contributed by atoms with E-state index in [1.165, 1.54) is 18.7 Å². The van der Waals surface area contributed by atoms with Gasteiger partial charge in [-0.3, -0.25) is 86.3 Å². The van der Waals surface area contributed by atoms with Gasteiger partial charge in [0.2, 0.25) is 88.6 Å². The number of carbonyl (C=O) groups excluding carboxylic acids is 15. The molecule has 0 radical (unpaired) electrons. The van der Waals surface area contributed by atoms with Crippen molar-refractivity contribution in [3.63, 3.8) is 0 Å². The van der Waals surface area contributed by atoms with Crippen molar-refractivity contribution in [1.82, 2.24) is 69.1 Å². The highest BCUT2D eigenvalue weighted by molar-refractivity contribution is 7.98. The van der Waals surface area contributed by atoms with Crippen LogP contribution in [0, 0.1) is 0 Å². The van der Waals surface area contributed by atoms with Crippen molar-refractivity contribution < 1.29 is 112 Å². The van der Waals surface area contributed by atoms with E-state index in [9.17, 15) is 107 Å². The van der Waals surface area contributed by atoms with Crippen molar-refractivity contribution in [2.75, 3.05) is 49.8 Å². The molecule has 12 atom stereocenters. The van der Waals surface area contributed by atoms with E-state index in [4.69, 9.17) is 22.3 Å². The lowest BCUT2D eigenvalue weighted by Gasteiger charge is -2.28. The Morgan fingerprint density at radius 3 is 1.27 bits per heavy atom. The number of carbonyl (C=O) groups is 18. The number of nitrogens with one attached hydrogen (secondary N) is 13. The Morgan fingerprint density at radius 2 is 0.839 bits per heavy atom. The minimum Gasteiger partial charge on any atom is -0.481 e. The number of hydrogen-bond acceptors (Lipinski definition) is 24. The first-order chi connectivity index (χ1) is 43.5. The molecule has 0 unspecified atom stereocenters. The van der Waals surface area contributed by atoms with E-state index in [0.717, 1.165) is 13.8 Å². The van der Waals surface area contributed by atoms with Gasteiger partial charge in [-0.15, -0.1) is 0 Å². The summed E-state index contributed by atoms with van der Waals surface area (Å²) in [5, 5.41) is 77.6. The number of unbranched alkanes of at least 4 members (excludes halogenated alkanes) is 1. The molecule has 93 heavy (non-hydrogen) atoms. The highest BCUT2D eigenvalue weighted by Crippen LogP contribution is 2.09. The molecule has 0 aliphatic rings. The van der Waals surface area contributed by atoms with Gasteiger partial charge in [0.25, 0.3) is 0 Å². The Balaban J connectivity index is 6.27. The molecule has 0 heterocycles. The Hall–Kier alpha value is -8.61. The van der Waals surface area contributed by atoms with Crippen LogP contribution in [0.3, 0.4) is 0 Å². The number of nitrogens with two attached hydrogens (primary N) is 3. The van der Waals surface area contributed by atoms with Crippen molar-refractivity contribution in [1.29, 1.82) is 0 Å². The Morgan fingerprint density at radius 1 is 0.452 bits per heavy atom. The molecule has 0 rings (SSSR count). The van der Waals surface area contributed by atoms with E-state index in [1.807, 2.05) is 0 Å². The van der Waals surface area contributed by atoms with Crippen LogP contribution in [0.25, 0.3) is 0 Å². The first-order valence-electron chi connectivity index (χ1n) is 28.3. The number of thioether (sulfide) groups is 1. The zero-order valence-corrected chi connectivity index (χ0v) is 53.7. The molecule has 39 nitrogen and oxygen atoms in total. The average Bonchev–Trinajstić information content (AvgIpc) is 1.09. The summed E-state index contributed by atoms with van der Waals surface area (Å²) in [7, 11) is 0. The van der Waals surface area contributed by atoms with E-state index in [2.05, 4.69) is 94.4 Å². The molecule has 0 spiro atoms. The van der Waals surface area contributed by atoms with Crippen molar-refractivity contribution in [3.05, 3.63) is 0 Å². The van der Waals surface area contributed by atoms with Crippen LogP contribution in [-0.4, -0.2) is 254 Å². The lowest BCUT2D eigenvalue weighted by Crippen LogP contribution is -2.62. The third-order valence-corrected chi connectivity index (χ3v) is 14.0. The number of carboxylic acids is 3. The molecule has 0 saturated heterocycles. The van der Waals surface area contributed by atoms with Crippen LogP contribution in [-0.2, 0) is 86.3 Å². The van der Waals surface area contributed by atoms with Crippen LogP contribution in [0.5, 0.6) is 0 Å². The molecule has 0 aliphatic heterocycles.